The van der Waals surface area contributed by atoms with Crippen LogP contribution in [0.25, 0.3) is 0 Å². The van der Waals surface area contributed by atoms with Gasteiger partial charge in [-0.1, -0.05) is 28.1 Å². The van der Waals surface area contributed by atoms with Crippen LogP contribution in [0, 0.1) is 13.8 Å². The average molecular weight is 321 g/mol. The molecule has 0 heterocycles. The molecule has 0 aliphatic rings. The second-order valence-electron chi connectivity index (χ2n) is 4.32. The summed E-state index contributed by atoms with van der Waals surface area (Å²) in [6.45, 7) is 3.81. The van der Waals surface area contributed by atoms with Crippen molar-refractivity contribution >= 4 is 21.9 Å². The monoisotopic (exact) mass is 320 g/mol. The first kappa shape index (κ1) is 13.6. The van der Waals surface area contributed by atoms with Crippen LogP contribution in [0.2, 0.25) is 0 Å². The normalized spacial score (nSPS) is 10.3. The van der Waals surface area contributed by atoms with Crippen LogP contribution in [-0.4, -0.2) is 11.1 Å². The molecule has 0 aliphatic heterocycles. The van der Waals surface area contributed by atoms with Gasteiger partial charge in [0, 0.05) is 4.47 Å². The number of halogens is 1. The third kappa shape index (κ3) is 3.15. The molecule has 1 N–H and O–H groups in total. The van der Waals surface area contributed by atoms with Crippen LogP contribution >= 0.6 is 15.9 Å². The zero-order chi connectivity index (χ0) is 14.0. The molecular weight excluding hydrogens is 308 g/mol. The zero-order valence-corrected chi connectivity index (χ0v) is 12.2. The molecule has 2 aromatic carbocycles. The van der Waals surface area contributed by atoms with Gasteiger partial charge < -0.3 is 9.84 Å². The van der Waals surface area contributed by atoms with E-state index < -0.39 is 5.97 Å². The molecule has 0 fully saturated rings. The number of rotatable bonds is 3. The number of carboxylic acid groups (broad SMARTS) is 1. The summed E-state index contributed by atoms with van der Waals surface area (Å²) in [7, 11) is 0. The van der Waals surface area contributed by atoms with Gasteiger partial charge in [0.05, 0.1) is 0 Å². The first-order chi connectivity index (χ1) is 8.97. The van der Waals surface area contributed by atoms with E-state index in [4.69, 9.17) is 9.84 Å². The predicted octanol–water partition coefficient (Wildman–Crippen LogP) is 4.56. The summed E-state index contributed by atoms with van der Waals surface area (Å²) < 4.78 is 6.64. The highest BCUT2D eigenvalue weighted by molar-refractivity contribution is 9.10. The first-order valence-electron chi connectivity index (χ1n) is 5.75. The maximum Gasteiger partial charge on any atom is 0.339 e. The molecule has 0 radical (unpaired) electrons. The van der Waals surface area contributed by atoms with Crippen LogP contribution in [0.4, 0.5) is 0 Å². The van der Waals surface area contributed by atoms with Crippen LogP contribution in [0.1, 0.15) is 21.5 Å². The van der Waals surface area contributed by atoms with E-state index in [0.717, 1.165) is 15.6 Å². The number of hydrogen-bond donors (Lipinski definition) is 1. The molecule has 4 heteroatoms. The lowest BCUT2D eigenvalue weighted by atomic mass is 10.1. The van der Waals surface area contributed by atoms with Gasteiger partial charge in [-0.25, -0.2) is 4.79 Å². The highest BCUT2D eigenvalue weighted by Gasteiger charge is 2.13. The Labute approximate surface area is 120 Å². The SMILES string of the molecule is Cc1ccc(C(=O)O)c(Oc2cc(Br)ccc2C)c1. The third-order valence-electron chi connectivity index (χ3n) is 2.74. The molecule has 0 unspecified atom stereocenters. The predicted molar refractivity (Wildman–Crippen MR) is 77.1 cm³/mol. The van der Waals surface area contributed by atoms with Crippen molar-refractivity contribution in [2.45, 2.75) is 13.8 Å². The van der Waals surface area contributed by atoms with E-state index in [1.165, 1.54) is 0 Å². The maximum atomic E-state index is 11.2. The van der Waals surface area contributed by atoms with E-state index in [1.54, 1.807) is 18.2 Å². The Morgan fingerprint density at radius 1 is 1.11 bits per heavy atom. The maximum absolute atomic E-state index is 11.2. The molecular formula is C15H13BrO3. The lowest BCUT2D eigenvalue weighted by Gasteiger charge is -2.12. The Bertz CT molecular complexity index is 635. The molecule has 0 bridgehead atoms. The van der Waals surface area contributed by atoms with Gasteiger partial charge in [0.25, 0.3) is 0 Å². The van der Waals surface area contributed by atoms with Crippen molar-refractivity contribution in [3.63, 3.8) is 0 Å². The Morgan fingerprint density at radius 3 is 2.53 bits per heavy atom. The number of carbonyl (C=O) groups is 1. The zero-order valence-electron chi connectivity index (χ0n) is 10.6. The molecule has 0 amide bonds. The van der Waals surface area contributed by atoms with Crippen LogP contribution in [0.15, 0.2) is 40.9 Å². The van der Waals surface area contributed by atoms with Crippen molar-refractivity contribution < 1.29 is 14.6 Å². The fraction of sp³-hybridized carbons (Fsp3) is 0.133. The second-order valence-corrected chi connectivity index (χ2v) is 5.23. The molecule has 0 aromatic heterocycles. The van der Waals surface area contributed by atoms with Gasteiger partial charge in [-0.15, -0.1) is 0 Å². The Kier molecular flexibility index (Phi) is 3.90. The second kappa shape index (κ2) is 5.45. The number of hydrogen-bond acceptors (Lipinski definition) is 2. The summed E-state index contributed by atoms with van der Waals surface area (Å²) in [5, 5.41) is 9.17. The quantitative estimate of drug-likeness (QED) is 0.902. The van der Waals surface area contributed by atoms with Gasteiger partial charge in [0.1, 0.15) is 17.1 Å². The van der Waals surface area contributed by atoms with Gasteiger partial charge in [-0.05, 0) is 49.2 Å². The fourth-order valence-corrected chi connectivity index (χ4v) is 2.03. The van der Waals surface area contributed by atoms with Crippen molar-refractivity contribution in [2.24, 2.45) is 0 Å². The number of ether oxygens (including phenoxy) is 1. The van der Waals surface area contributed by atoms with E-state index in [0.29, 0.717) is 11.5 Å². The average Bonchev–Trinajstić information content (AvgIpc) is 2.33. The minimum Gasteiger partial charge on any atom is -0.478 e. The van der Waals surface area contributed by atoms with Gasteiger partial charge in [-0.2, -0.15) is 0 Å². The summed E-state index contributed by atoms with van der Waals surface area (Å²) in [6.07, 6.45) is 0. The highest BCUT2D eigenvalue weighted by atomic mass is 79.9. The van der Waals surface area contributed by atoms with Gasteiger partial charge in [0.2, 0.25) is 0 Å². The van der Waals surface area contributed by atoms with Crippen molar-refractivity contribution in [1.82, 2.24) is 0 Å². The Morgan fingerprint density at radius 2 is 1.84 bits per heavy atom. The Balaban J connectivity index is 2.45. The lowest BCUT2D eigenvalue weighted by molar-refractivity contribution is 0.0694. The smallest absolute Gasteiger partial charge is 0.339 e. The van der Waals surface area contributed by atoms with Crippen molar-refractivity contribution in [2.75, 3.05) is 0 Å². The van der Waals surface area contributed by atoms with Crippen LogP contribution in [0.5, 0.6) is 11.5 Å². The molecule has 0 saturated heterocycles. The fourth-order valence-electron chi connectivity index (χ4n) is 1.69. The van der Waals surface area contributed by atoms with Gasteiger partial charge in [0.15, 0.2) is 0 Å². The van der Waals surface area contributed by atoms with Crippen molar-refractivity contribution in [3.05, 3.63) is 57.6 Å². The summed E-state index contributed by atoms with van der Waals surface area (Å²) in [5.74, 6) is -0.00109. The highest BCUT2D eigenvalue weighted by Crippen LogP contribution is 2.31. The van der Waals surface area contributed by atoms with Crippen molar-refractivity contribution in [1.29, 1.82) is 0 Å². The minimum absolute atomic E-state index is 0.157. The minimum atomic E-state index is -0.998. The van der Waals surface area contributed by atoms with E-state index in [9.17, 15) is 4.79 Å². The molecule has 0 saturated carbocycles. The standard InChI is InChI=1S/C15H13BrO3/c1-9-3-6-12(15(17)18)14(7-9)19-13-8-11(16)5-4-10(13)2/h3-8H,1-2H3,(H,17,18). The van der Waals surface area contributed by atoms with Gasteiger partial charge in [-0.3, -0.25) is 0 Å². The summed E-state index contributed by atoms with van der Waals surface area (Å²) >= 11 is 3.38. The largest absolute Gasteiger partial charge is 0.478 e. The third-order valence-corrected chi connectivity index (χ3v) is 3.23. The molecule has 2 aromatic rings. The number of carboxylic acids is 1. The number of aryl methyl sites for hydroxylation is 2. The number of aromatic carboxylic acids is 1. The topological polar surface area (TPSA) is 46.5 Å². The summed E-state index contributed by atoms with van der Waals surface area (Å²) in [6, 6.07) is 10.7. The van der Waals surface area contributed by atoms with E-state index >= 15 is 0 Å². The van der Waals surface area contributed by atoms with Crippen molar-refractivity contribution in [3.8, 4) is 11.5 Å². The number of benzene rings is 2. The molecule has 0 atom stereocenters. The summed E-state index contributed by atoms with van der Waals surface area (Å²) in [4.78, 5) is 11.2. The lowest BCUT2D eigenvalue weighted by Crippen LogP contribution is -2.00. The summed E-state index contributed by atoms with van der Waals surface area (Å²) in [5.41, 5.74) is 2.05. The Hall–Kier alpha value is -1.81. The molecule has 2 rings (SSSR count). The van der Waals surface area contributed by atoms with E-state index in [-0.39, 0.29) is 5.56 Å². The van der Waals surface area contributed by atoms with Crippen LogP contribution in [-0.2, 0) is 0 Å². The molecule has 98 valence electrons. The molecule has 0 spiro atoms. The first-order valence-corrected chi connectivity index (χ1v) is 6.54. The molecule has 3 nitrogen and oxygen atoms in total. The van der Waals surface area contributed by atoms with E-state index in [1.807, 2.05) is 32.0 Å². The van der Waals surface area contributed by atoms with Crippen LogP contribution in [0.3, 0.4) is 0 Å². The van der Waals surface area contributed by atoms with E-state index in [2.05, 4.69) is 15.9 Å². The van der Waals surface area contributed by atoms with Gasteiger partial charge >= 0.3 is 5.97 Å². The molecule has 19 heavy (non-hydrogen) atoms. The molecule has 0 aliphatic carbocycles. The van der Waals surface area contributed by atoms with Crippen LogP contribution < -0.4 is 4.74 Å².